The third kappa shape index (κ3) is 256. The van der Waals surface area contributed by atoms with Crippen LogP contribution >= 0.6 is 0 Å². The first kappa shape index (κ1) is 10.6. The molecule has 0 aromatic heterocycles. The number of carboxylic acids is 1. The standard InChI is InChI=1S/C2H3O2.N3.Pb.H/c1-2(3)4;1-3-2;;/h1H2,(H,3,4);;;/q;-1;+1;. The number of aliphatic carboxylic acids is 1. The minimum absolute atomic E-state index is 0.440. The molecule has 5 nitrogen and oxygen atoms in total. The number of rotatable bonds is 0. The minimum atomic E-state index is -1.08. The van der Waals surface area contributed by atoms with E-state index in [4.69, 9.17) is 15.4 Å². The van der Waals surface area contributed by atoms with Crippen molar-refractivity contribution in [2.24, 2.45) is 2.92 Å². The quantitative estimate of drug-likeness (QED) is 0.296. The van der Waals surface area contributed by atoms with Crippen molar-refractivity contribution in [3.05, 3.63) is 17.4 Å². The molecule has 0 aliphatic carbocycles. The molecule has 0 bridgehead atoms. The normalized spacial score (nSPS) is 5.25. The summed E-state index contributed by atoms with van der Waals surface area (Å²) in [7, 11) is 0. The summed E-state index contributed by atoms with van der Waals surface area (Å²) in [5.41, 5.74) is 7.38. The number of carbonyl (C=O) groups is 1. The molecule has 0 aromatic carbocycles. The van der Waals surface area contributed by atoms with Gasteiger partial charge in [-0.15, -0.1) is 0 Å². The van der Waals surface area contributed by atoms with Gasteiger partial charge in [-0.05, 0) is 0 Å². The van der Waals surface area contributed by atoms with Crippen molar-refractivity contribution in [2.75, 3.05) is 0 Å². The number of nitrogens with zero attached hydrogens (tertiary/aromatic N) is 3. The summed E-state index contributed by atoms with van der Waals surface area (Å²) in [5.74, 6) is -1.08. The van der Waals surface area contributed by atoms with E-state index in [1.807, 2.05) is 0 Å². The van der Waals surface area contributed by atoms with Gasteiger partial charge in [0.2, 0.25) is 0 Å². The van der Waals surface area contributed by atoms with E-state index in [2.05, 4.69) is 14.8 Å². The molecule has 0 aliphatic heterocycles. The van der Waals surface area contributed by atoms with Crippen LogP contribution in [0, 0.1) is 6.92 Å². The van der Waals surface area contributed by atoms with Crippen molar-refractivity contribution in [1.29, 1.82) is 0 Å². The van der Waals surface area contributed by atoms with Gasteiger partial charge < -0.3 is 5.11 Å². The van der Waals surface area contributed by atoms with Crippen LogP contribution < -0.4 is 0 Å². The van der Waals surface area contributed by atoms with Gasteiger partial charge in [-0.3, -0.25) is 4.79 Å². The van der Waals surface area contributed by atoms with Gasteiger partial charge in [-0.25, -0.2) is 0 Å². The van der Waals surface area contributed by atoms with E-state index in [0.717, 1.165) is 0 Å². The van der Waals surface area contributed by atoms with Gasteiger partial charge >= 0.3 is 45.4 Å². The van der Waals surface area contributed by atoms with Crippen LogP contribution in [0.2, 0.25) is 0 Å². The summed E-state index contributed by atoms with van der Waals surface area (Å²) < 4.78 is 3.08. The van der Waals surface area contributed by atoms with Gasteiger partial charge in [0.05, 0.1) is 6.92 Å². The van der Waals surface area contributed by atoms with Crippen LogP contribution in [0.5, 0.6) is 0 Å². The molecule has 6 heteroatoms. The molecule has 43 valence electrons. The maximum absolute atomic E-state index is 8.89. The predicted molar refractivity (Wildman–Crippen MR) is 29.3 cm³/mol. The summed E-state index contributed by atoms with van der Waals surface area (Å²) in [6, 6.07) is 0. The summed E-state index contributed by atoms with van der Waals surface area (Å²) in [4.78, 5) is 11.3. The van der Waals surface area contributed by atoms with E-state index in [1.54, 1.807) is 0 Å². The Morgan fingerprint density at radius 2 is 2.12 bits per heavy atom. The fourth-order valence-electron chi connectivity index (χ4n) is 0. The average Bonchev–Trinajstić information content (AvgIpc) is 1.65. The van der Waals surface area contributed by atoms with Gasteiger partial charge in [0.1, 0.15) is 0 Å². The van der Waals surface area contributed by atoms with Crippen molar-refractivity contribution >= 4 is 32.0 Å². The number of hydrogen-bond donors (Lipinski definition) is 1. The van der Waals surface area contributed by atoms with Crippen LogP contribution in [0.1, 0.15) is 0 Å². The van der Waals surface area contributed by atoms with Crippen molar-refractivity contribution in [2.45, 2.75) is 0 Å². The summed E-state index contributed by atoms with van der Waals surface area (Å²) >= 11 is 0.440. The van der Waals surface area contributed by atoms with Crippen molar-refractivity contribution < 1.29 is 9.90 Å². The Labute approximate surface area is 62.4 Å². The second-order valence-electron chi connectivity index (χ2n) is 0.599. The zero-order chi connectivity index (χ0) is 6.99. The topological polar surface area (TPSA) is 86.1 Å². The Balaban J connectivity index is 0. The number of hydrogen-bond acceptors (Lipinski definition) is 2. The molecule has 0 aromatic rings. The van der Waals surface area contributed by atoms with Crippen LogP contribution in [0.3, 0.4) is 0 Å². The molecule has 8 heavy (non-hydrogen) atoms. The Bertz CT molecular complexity index is 104. The molecule has 0 saturated heterocycles. The van der Waals surface area contributed by atoms with E-state index in [-0.39, 0.29) is 0 Å². The first-order valence-electron chi connectivity index (χ1n) is 1.44. The molecular weight excluding hydrogens is 305 g/mol. The van der Waals surface area contributed by atoms with Crippen LogP contribution in [-0.2, 0) is 4.79 Å². The predicted octanol–water partition coefficient (Wildman–Crippen LogP) is 0.0176. The zero-order valence-corrected chi connectivity index (χ0v) is 8.47. The monoisotopic (exact) mass is 310 g/mol. The second-order valence-corrected chi connectivity index (χ2v) is 1.50. The Kier molecular flexibility index (Phi) is 13.1. The van der Waals surface area contributed by atoms with Crippen molar-refractivity contribution in [1.82, 2.24) is 0 Å². The molecule has 1 N–H and O–H groups in total. The molecule has 0 unspecified atom stereocenters. The van der Waals surface area contributed by atoms with Gasteiger partial charge in [0, 0.05) is 0 Å². The second kappa shape index (κ2) is 9.86. The van der Waals surface area contributed by atoms with Crippen molar-refractivity contribution in [3.63, 3.8) is 0 Å². The third-order valence-electron chi connectivity index (χ3n) is 0.0516. The van der Waals surface area contributed by atoms with Gasteiger partial charge in [-0.1, -0.05) is 0 Å². The van der Waals surface area contributed by atoms with E-state index >= 15 is 0 Å². The van der Waals surface area contributed by atoms with E-state index in [9.17, 15) is 0 Å². The van der Waals surface area contributed by atoms with E-state index in [0.29, 0.717) is 26.1 Å². The van der Waals surface area contributed by atoms with E-state index in [1.165, 1.54) is 0 Å². The SMILES string of the molecule is [CH2]C(=O)O.[N-]=[N+]=[N][PbH]. The molecule has 0 saturated carbocycles. The third-order valence-corrected chi connectivity index (χ3v) is 0.453. The first-order valence-corrected chi connectivity index (χ1v) is 3.45. The zero-order valence-electron chi connectivity index (χ0n) is 3.98. The van der Waals surface area contributed by atoms with Crippen LogP contribution in [-0.4, -0.2) is 37.1 Å². The fraction of sp³-hybridized carbons (Fsp3) is 0. The van der Waals surface area contributed by atoms with Gasteiger partial charge in [0.15, 0.2) is 0 Å². The van der Waals surface area contributed by atoms with E-state index < -0.39 is 5.97 Å². The number of carboxylic acid groups (broad SMARTS) is 1. The van der Waals surface area contributed by atoms with Gasteiger partial charge in [0.25, 0.3) is 0 Å². The molecule has 3 radical (unpaired) electrons. The molecule has 0 spiro atoms. The molecule has 0 heterocycles. The Morgan fingerprint density at radius 3 is 2.12 bits per heavy atom. The first-order chi connectivity index (χ1) is 3.65. The van der Waals surface area contributed by atoms with Crippen LogP contribution in [0.15, 0.2) is 2.92 Å². The fourth-order valence-corrected chi connectivity index (χ4v) is 0. The molecule has 0 rings (SSSR count). The maximum atomic E-state index is 8.89. The summed E-state index contributed by atoms with van der Waals surface area (Å²) in [6.07, 6.45) is 0. The number of azide groups is 1. The van der Waals surface area contributed by atoms with Gasteiger partial charge in [-0.2, -0.15) is 0 Å². The molecule has 0 aliphatic rings. The summed E-state index contributed by atoms with van der Waals surface area (Å²) in [5, 5.41) is 7.31. The molecule has 0 amide bonds. The van der Waals surface area contributed by atoms with Crippen LogP contribution in [0.25, 0.3) is 10.4 Å². The van der Waals surface area contributed by atoms with Crippen molar-refractivity contribution in [3.8, 4) is 0 Å². The molecule has 0 atom stereocenters. The Hall–Kier alpha value is -0.298. The van der Waals surface area contributed by atoms with Crippen LogP contribution in [0.4, 0.5) is 0 Å². The molecule has 0 fully saturated rings. The molecular formula is C2H4N3O2Pb. The Morgan fingerprint density at radius 1 is 2.00 bits per heavy atom. The summed E-state index contributed by atoms with van der Waals surface area (Å²) in [6.45, 7) is 2.56. The average molecular weight is 309 g/mol.